The lowest BCUT2D eigenvalue weighted by atomic mass is 10.2. The smallest absolute Gasteiger partial charge is 0.335 e. The summed E-state index contributed by atoms with van der Waals surface area (Å²) >= 11 is 0. The van der Waals surface area contributed by atoms with Crippen molar-refractivity contribution in [2.45, 2.75) is 0 Å². The summed E-state index contributed by atoms with van der Waals surface area (Å²) in [6, 6.07) is 0. The van der Waals surface area contributed by atoms with E-state index in [1.807, 2.05) is 0 Å². The number of rotatable bonds is 4. The first-order valence-corrected chi connectivity index (χ1v) is 3.05. The van der Waals surface area contributed by atoms with Gasteiger partial charge in [-0.3, -0.25) is 0 Å². The van der Waals surface area contributed by atoms with E-state index in [1.165, 1.54) is 12.2 Å². The van der Waals surface area contributed by atoms with Crippen LogP contribution in [0.5, 0.6) is 0 Å². The van der Waals surface area contributed by atoms with Crippen LogP contribution in [-0.2, 0) is 9.59 Å². The Morgan fingerprint density at radius 2 is 1.83 bits per heavy atom. The van der Waals surface area contributed by atoms with Crippen molar-refractivity contribution >= 4 is 11.9 Å². The summed E-state index contributed by atoms with van der Waals surface area (Å²) in [6.07, 6.45) is 4.48. The van der Waals surface area contributed by atoms with Crippen molar-refractivity contribution in [2.75, 3.05) is 0 Å². The van der Waals surface area contributed by atoms with Crippen LogP contribution < -0.4 is 0 Å². The lowest BCUT2D eigenvalue weighted by Gasteiger charge is -1.90. The first kappa shape index (κ1) is 10.2. The molecule has 64 valence electrons. The van der Waals surface area contributed by atoms with Gasteiger partial charge in [-0.15, -0.1) is 0 Å². The third-order valence-electron chi connectivity index (χ3n) is 0.938. The molecule has 0 bridgehead atoms. The minimum Gasteiger partial charge on any atom is -0.478 e. The van der Waals surface area contributed by atoms with Crippen LogP contribution in [0.15, 0.2) is 36.5 Å². The second-order valence-electron chi connectivity index (χ2n) is 1.84. The van der Waals surface area contributed by atoms with Crippen LogP contribution in [0.1, 0.15) is 0 Å². The summed E-state index contributed by atoms with van der Waals surface area (Å²) in [5.41, 5.74) is -0.289. The van der Waals surface area contributed by atoms with Gasteiger partial charge in [0.15, 0.2) is 0 Å². The fraction of sp³-hybridized carbons (Fsp3) is 0. The highest BCUT2D eigenvalue weighted by Crippen LogP contribution is 1.96. The van der Waals surface area contributed by atoms with E-state index >= 15 is 0 Å². The summed E-state index contributed by atoms with van der Waals surface area (Å²) in [7, 11) is 0. The van der Waals surface area contributed by atoms with E-state index in [4.69, 9.17) is 10.2 Å². The Balaban J connectivity index is 4.66. The molecule has 2 N–H and O–H groups in total. The molecule has 0 heterocycles. The molecule has 0 unspecified atom stereocenters. The fourth-order valence-corrected chi connectivity index (χ4v) is 0.486. The van der Waals surface area contributed by atoms with E-state index < -0.39 is 11.9 Å². The normalized spacial score (nSPS) is 11.5. The number of carboxylic acids is 2. The average molecular weight is 168 g/mol. The Morgan fingerprint density at radius 1 is 1.25 bits per heavy atom. The average Bonchev–Trinajstić information content (AvgIpc) is 1.96. The van der Waals surface area contributed by atoms with Crippen molar-refractivity contribution < 1.29 is 19.8 Å². The van der Waals surface area contributed by atoms with Crippen molar-refractivity contribution in [1.82, 2.24) is 0 Å². The van der Waals surface area contributed by atoms with Crippen molar-refractivity contribution in [2.24, 2.45) is 0 Å². The van der Waals surface area contributed by atoms with Crippen LogP contribution in [0.4, 0.5) is 0 Å². The maximum absolute atomic E-state index is 10.3. The van der Waals surface area contributed by atoms with Crippen molar-refractivity contribution in [3.05, 3.63) is 36.5 Å². The number of carbonyl (C=O) groups is 2. The van der Waals surface area contributed by atoms with Crippen LogP contribution >= 0.6 is 0 Å². The van der Waals surface area contributed by atoms with E-state index in [9.17, 15) is 9.59 Å². The number of carboxylic acid groups (broad SMARTS) is 2. The standard InChI is InChI=1S/C8H8O4/c1-2-3-4-6(8(11)12)5-7(9)10/h2-5H,1H2,(H,9,10)(H,11,12). The quantitative estimate of drug-likeness (QED) is 0.481. The van der Waals surface area contributed by atoms with Crippen LogP contribution in [0.2, 0.25) is 0 Å². The predicted molar refractivity (Wildman–Crippen MR) is 42.7 cm³/mol. The molecule has 0 amide bonds. The zero-order chi connectivity index (χ0) is 9.56. The lowest BCUT2D eigenvalue weighted by Crippen LogP contribution is -2.01. The van der Waals surface area contributed by atoms with Crippen LogP contribution in [0, 0.1) is 0 Å². The molecule has 12 heavy (non-hydrogen) atoms. The van der Waals surface area contributed by atoms with Crippen LogP contribution in [-0.4, -0.2) is 22.2 Å². The van der Waals surface area contributed by atoms with E-state index in [0.717, 1.165) is 6.08 Å². The molecule has 0 saturated heterocycles. The molecule has 0 aliphatic heterocycles. The third kappa shape index (κ3) is 4.05. The number of allylic oxidation sites excluding steroid dienone is 2. The topological polar surface area (TPSA) is 74.6 Å². The van der Waals surface area contributed by atoms with Gasteiger partial charge in [0.05, 0.1) is 5.57 Å². The van der Waals surface area contributed by atoms with E-state index in [2.05, 4.69) is 6.58 Å². The maximum atomic E-state index is 10.3. The highest BCUT2D eigenvalue weighted by molar-refractivity contribution is 5.97. The van der Waals surface area contributed by atoms with E-state index in [1.54, 1.807) is 0 Å². The molecule has 0 spiro atoms. The molecule has 0 aliphatic rings. The number of aliphatic carboxylic acids is 2. The molecule has 0 aromatic carbocycles. The van der Waals surface area contributed by atoms with Gasteiger partial charge < -0.3 is 10.2 Å². The highest BCUT2D eigenvalue weighted by atomic mass is 16.4. The minimum absolute atomic E-state index is 0.289. The van der Waals surface area contributed by atoms with Gasteiger partial charge in [-0.2, -0.15) is 0 Å². The SMILES string of the molecule is C=CC=CC(=CC(=O)O)C(=O)O. The van der Waals surface area contributed by atoms with Crippen molar-refractivity contribution in [3.63, 3.8) is 0 Å². The Morgan fingerprint density at radius 3 is 2.17 bits per heavy atom. The molecule has 0 atom stereocenters. The van der Waals surface area contributed by atoms with E-state index in [-0.39, 0.29) is 5.57 Å². The number of hydrogen-bond acceptors (Lipinski definition) is 2. The number of hydrogen-bond donors (Lipinski definition) is 2. The zero-order valence-electron chi connectivity index (χ0n) is 6.23. The molecule has 0 rings (SSSR count). The summed E-state index contributed by atoms with van der Waals surface area (Å²) < 4.78 is 0. The Labute approximate surface area is 69.1 Å². The van der Waals surface area contributed by atoms with Gasteiger partial charge in [0.1, 0.15) is 0 Å². The van der Waals surface area contributed by atoms with Gasteiger partial charge >= 0.3 is 11.9 Å². The van der Waals surface area contributed by atoms with Gasteiger partial charge in [0.2, 0.25) is 0 Å². The first-order valence-electron chi connectivity index (χ1n) is 3.05. The second-order valence-corrected chi connectivity index (χ2v) is 1.84. The molecule has 0 saturated carbocycles. The summed E-state index contributed by atoms with van der Waals surface area (Å²) in [6.45, 7) is 3.32. The molecule has 0 aromatic heterocycles. The van der Waals surface area contributed by atoms with Gasteiger partial charge in [-0.05, 0) is 6.08 Å². The zero-order valence-corrected chi connectivity index (χ0v) is 6.23. The molecule has 4 nitrogen and oxygen atoms in total. The minimum atomic E-state index is -1.29. The Bertz CT molecular complexity index is 260. The summed E-state index contributed by atoms with van der Waals surface area (Å²) in [5.74, 6) is -2.57. The van der Waals surface area contributed by atoms with Crippen molar-refractivity contribution in [3.8, 4) is 0 Å². The fourth-order valence-electron chi connectivity index (χ4n) is 0.486. The van der Waals surface area contributed by atoms with E-state index in [0.29, 0.717) is 6.08 Å². The molecule has 4 heteroatoms. The van der Waals surface area contributed by atoms with Crippen molar-refractivity contribution in [1.29, 1.82) is 0 Å². The van der Waals surface area contributed by atoms with Gasteiger partial charge in [-0.25, -0.2) is 9.59 Å². The second kappa shape index (κ2) is 4.90. The molecule has 0 aliphatic carbocycles. The van der Waals surface area contributed by atoms with Crippen LogP contribution in [0.25, 0.3) is 0 Å². The Kier molecular flexibility index (Phi) is 4.15. The van der Waals surface area contributed by atoms with Gasteiger partial charge in [-0.1, -0.05) is 18.7 Å². The van der Waals surface area contributed by atoms with Crippen LogP contribution in [0.3, 0.4) is 0 Å². The molecule has 0 fully saturated rings. The maximum Gasteiger partial charge on any atom is 0.335 e. The molecule has 0 aromatic rings. The largest absolute Gasteiger partial charge is 0.478 e. The predicted octanol–water partition coefficient (Wildman–Crippen LogP) is 0.824. The first-order chi connectivity index (χ1) is 5.57. The Hall–Kier alpha value is -1.84. The van der Waals surface area contributed by atoms with Gasteiger partial charge in [0.25, 0.3) is 0 Å². The van der Waals surface area contributed by atoms with Gasteiger partial charge in [0, 0.05) is 6.08 Å². The molecule has 0 radical (unpaired) electrons. The summed E-state index contributed by atoms with van der Waals surface area (Å²) in [5, 5.41) is 16.7. The molecular weight excluding hydrogens is 160 g/mol. The lowest BCUT2D eigenvalue weighted by molar-refractivity contribution is -0.134. The molecular formula is C8H8O4. The summed E-state index contributed by atoms with van der Waals surface area (Å²) in [4.78, 5) is 20.4. The highest BCUT2D eigenvalue weighted by Gasteiger charge is 2.04. The third-order valence-corrected chi connectivity index (χ3v) is 0.938. The monoisotopic (exact) mass is 168 g/mol.